The lowest BCUT2D eigenvalue weighted by molar-refractivity contribution is 0.0947. The van der Waals surface area contributed by atoms with Crippen LogP contribution in [0.25, 0.3) is 11.0 Å². The van der Waals surface area contributed by atoms with Crippen LogP contribution in [0.3, 0.4) is 0 Å². The molecule has 1 amide bonds. The number of anilines is 1. The summed E-state index contributed by atoms with van der Waals surface area (Å²) in [7, 11) is 1.63. The number of rotatable bonds is 7. The van der Waals surface area contributed by atoms with E-state index < -0.39 is 0 Å². The number of methoxy groups -OCH3 is 1. The van der Waals surface area contributed by atoms with Crippen LogP contribution in [-0.2, 0) is 19.5 Å². The minimum Gasteiger partial charge on any atom is -0.497 e. The summed E-state index contributed by atoms with van der Waals surface area (Å²) in [6.07, 6.45) is 0.915. The Labute approximate surface area is 191 Å². The van der Waals surface area contributed by atoms with E-state index in [9.17, 15) is 4.79 Å². The molecule has 4 aromatic rings. The number of para-hydroxylation sites is 2. The molecular formula is C26H24N4O3. The topological polar surface area (TPSA) is 85.4 Å². The van der Waals surface area contributed by atoms with Crippen molar-refractivity contribution in [2.24, 2.45) is 0 Å². The average Bonchev–Trinajstić information content (AvgIpc) is 3.33. The van der Waals surface area contributed by atoms with Crippen LogP contribution in [-0.4, -0.2) is 29.6 Å². The molecule has 2 N–H and O–H groups in total. The predicted octanol–water partition coefficient (Wildman–Crippen LogP) is 4.12. The Bertz CT molecular complexity index is 1300. The van der Waals surface area contributed by atoms with Crippen molar-refractivity contribution in [3.8, 4) is 11.5 Å². The summed E-state index contributed by atoms with van der Waals surface area (Å²) in [5, 5.41) is 6.27. The molecule has 1 aliphatic heterocycles. The monoisotopic (exact) mass is 440 g/mol. The van der Waals surface area contributed by atoms with E-state index in [0.717, 1.165) is 41.2 Å². The van der Waals surface area contributed by atoms with E-state index in [1.54, 1.807) is 7.11 Å². The quantitative estimate of drug-likeness (QED) is 0.450. The number of carbonyl (C=O) groups is 1. The van der Waals surface area contributed by atoms with Gasteiger partial charge < -0.3 is 20.1 Å². The minimum absolute atomic E-state index is 0.270. The molecule has 166 valence electrons. The number of amides is 1. The average molecular weight is 441 g/mol. The van der Waals surface area contributed by atoms with Crippen LogP contribution in [0.15, 0.2) is 66.7 Å². The molecular weight excluding hydrogens is 416 g/mol. The largest absolute Gasteiger partial charge is 0.497 e. The van der Waals surface area contributed by atoms with Gasteiger partial charge in [-0.15, -0.1) is 0 Å². The van der Waals surface area contributed by atoms with Gasteiger partial charge in [0.15, 0.2) is 11.5 Å². The standard InChI is InChI=1S/C26H24N4O3/c1-32-20-9-6-17(7-10-20)15-28-26(31)24-25(30-22-5-3-2-4-21(22)29-24)27-16-18-8-11-23-19(14-18)12-13-33-23/h2-11,14H,12-13,15-16H2,1H3,(H,27,30)(H,28,31). The maximum atomic E-state index is 13.1. The van der Waals surface area contributed by atoms with E-state index in [-0.39, 0.29) is 11.6 Å². The van der Waals surface area contributed by atoms with Crippen molar-refractivity contribution in [2.75, 3.05) is 19.0 Å². The zero-order valence-electron chi connectivity index (χ0n) is 18.3. The van der Waals surface area contributed by atoms with Gasteiger partial charge in [0.2, 0.25) is 0 Å². The zero-order valence-corrected chi connectivity index (χ0v) is 18.3. The second-order valence-corrected chi connectivity index (χ2v) is 7.83. The number of fused-ring (bicyclic) bond motifs is 2. The fourth-order valence-corrected chi connectivity index (χ4v) is 3.83. The summed E-state index contributed by atoms with van der Waals surface area (Å²) >= 11 is 0. The van der Waals surface area contributed by atoms with Gasteiger partial charge in [0.05, 0.1) is 24.8 Å². The Balaban J connectivity index is 1.36. The van der Waals surface area contributed by atoms with Gasteiger partial charge >= 0.3 is 0 Å². The summed E-state index contributed by atoms with van der Waals surface area (Å²) in [6.45, 7) is 1.63. The Morgan fingerprint density at radius 2 is 1.73 bits per heavy atom. The highest BCUT2D eigenvalue weighted by molar-refractivity contribution is 5.98. The van der Waals surface area contributed by atoms with E-state index in [2.05, 4.69) is 26.7 Å². The normalized spacial score (nSPS) is 12.2. The molecule has 0 unspecified atom stereocenters. The summed E-state index contributed by atoms with van der Waals surface area (Å²) in [6, 6.07) is 21.3. The van der Waals surface area contributed by atoms with E-state index in [0.29, 0.717) is 24.4 Å². The van der Waals surface area contributed by atoms with Gasteiger partial charge in [-0.2, -0.15) is 0 Å². The van der Waals surface area contributed by atoms with Gasteiger partial charge in [-0.1, -0.05) is 36.4 Å². The van der Waals surface area contributed by atoms with Gasteiger partial charge in [0.25, 0.3) is 5.91 Å². The fourth-order valence-electron chi connectivity index (χ4n) is 3.83. The first-order valence-corrected chi connectivity index (χ1v) is 10.9. The first-order chi connectivity index (χ1) is 16.2. The van der Waals surface area contributed by atoms with Crippen molar-refractivity contribution in [3.05, 3.63) is 89.1 Å². The fraction of sp³-hybridized carbons (Fsp3) is 0.192. The number of hydrogen-bond donors (Lipinski definition) is 2. The Hall–Kier alpha value is -4.13. The Kier molecular flexibility index (Phi) is 5.76. The molecule has 2 heterocycles. The first-order valence-electron chi connectivity index (χ1n) is 10.9. The van der Waals surface area contributed by atoms with Gasteiger partial charge in [-0.3, -0.25) is 4.79 Å². The molecule has 1 aliphatic rings. The Morgan fingerprint density at radius 1 is 0.970 bits per heavy atom. The summed E-state index contributed by atoms with van der Waals surface area (Å²) in [5.74, 6) is 1.89. The molecule has 0 atom stereocenters. The molecule has 0 fully saturated rings. The molecule has 0 saturated carbocycles. The molecule has 5 rings (SSSR count). The van der Waals surface area contributed by atoms with Crippen molar-refractivity contribution in [1.82, 2.24) is 15.3 Å². The molecule has 0 bridgehead atoms. The Morgan fingerprint density at radius 3 is 2.52 bits per heavy atom. The van der Waals surface area contributed by atoms with E-state index in [1.807, 2.05) is 60.7 Å². The first kappa shape index (κ1) is 20.8. The molecule has 1 aromatic heterocycles. The van der Waals surface area contributed by atoms with Gasteiger partial charge in [0, 0.05) is 19.5 Å². The SMILES string of the molecule is COc1ccc(CNC(=O)c2nc3ccccc3nc2NCc2ccc3c(c2)CCO3)cc1. The van der Waals surface area contributed by atoms with Crippen molar-refractivity contribution < 1.29 is 14.3 Å². The highest BCUT2D eigenvalue weighted by Crippen LogP contribution is 2.26. The summed E-state index contributed by atoms with van der Waals surface area (Å²) in [4.78, 5) is 22.4. The van der Waals surface area contributed by atoms with Crippen LogP contribution in [0.2, 0.25) is 0 Å². The molecule has 7 nitrogen and oxygen atoms in total. The van der Waals surface area contributed by atoms with Crippen molar-refractivity contribution in [2.45, 2.75) is 19.5 Å². The van der Waals surface area contributed by atoms with Gasteiger partial charge in [-0.25, -0.2) is 9.97 Å². The van der Waals surface area contributed by atoms with E-state index >= 15 is 0 Å². The third kappa shape index (κ3) is 4.57. The third-order valence-corrected chi connectivity index (χ3v) is 5.61. The highest BCUT2D eigenvalue weighted by Gasteiger charge is 2.17. The molecule has 33 heavy (non-hydrogen) atoms. The maximum absolute atomic E-state index is 13.1. The number of ether oxygens (including phenoxy) is 2. The van der Waals surface area contributed by atoms with Crippen LogP contribution < -0.4 is 20.1 Å². The van der Waals surface area contributed by atoms with Crippen LogP contribution >= 0.6 is 0 Å². The van der Waals surface area contributed by atoms with Crippen molar-refractivity contribution in [1.29, 1.82) is 0 Å². The third-order valence-electron chi connectivity index (χ3n) is 5.61. The van der Waals surface area contributed by atoms with E-state index in [1.165, 1.54) is 5.56 Å². The number of nitrogens with one attached hydrogen (secondary N) is 2. The lowest BCUT2D eigenvalue weighted by atomic mass is 10.1. The maximum Gasteiger partial charge on any atom is 0.274 e. The lowest BCUT2D eigenvalue weighted by Gasteiger charge is -2.13. The number of aromatic nitrogens is 2. The molecule has 0 aliphatic carbocycles. The second-order valence-electron chi connectivity index (χ2n) is 7.83. The molecule has 7 heteroatoms. The van der Waals surface area contributed by atoms with Crippen LogP contribution in [0.1, 0.15) is 27.2 Å². The molecule has 0 radical (unpaired) electrons. The second kappa shape index (κ2) is 9.16. The number of carbonyl (C=O) groups excluding carboxylic acids is 1. The van der Waals surface area contributed by atoms with Crippen LogP contribution in [0, 0.1) is 0 Å². The summed E-state index contributed by atoms with van der Waals surface area (Å²) in [5.41, 5.74) is 4.94. The predicted molar refractivity (Wildman–Crippen MR) is 127 cm³/mol. The van der Waals surface area contributed by atoms with Crippen LogP contribution in [0.5, 0.6) is 11.5 Å². The number of nitrogens with zero attached hydrogens (tertiary/aromatic N) is 2. The highest BCUT2D eigenvalue weighted by atomic mass is 16.5. The van der Waals surface area contributed by atoms with Crippen molar-refractivity contribution in [3.63, 3.8) is 0 Å². The molecule has 0 saturated heterocycles. The zero-order chi connectivity index (χ0) is 22.6. The minimum atomic E-state index is -0.283. The molecule has 0 spiro atoms. The summed E-state index contributed by atoms with van der Waals surface area (Å²) < 4.78 is 10.8. The van der Waals surface area contributed by atoms with E-state index in [4.69, 9.17) is 9.47 Å². The van der Waals surface area contributed by atoms with Gasteiger partial charge in [0.1, 0.15) is 11.5 Å². The smallest absolute Gasteiger partial charge is 0.274 e. The van der Waals surface area contributed by atoms with Gasteiger partial charge in [-0.05, 0) is 47.0 Å². The number of benzene rings is 3. The lowest BCUT2D eigenvalue weighted by Crippen LogP contribution is -2.25. The van der Waals surface area contributed by atoms with Crippen LogP contribution in [0.4, 0.5) is 5.82 Å². The number of hydrogen-bond acceptors (Lipinski definition) is 6. The van der Waals surface area contributed by atoms with Crippen molar-refractivity contribution >= 4 is 22.8 Å². The molecule has 3 aromatic carbocycles.